The molecule has 0 aromatic rings. The van der Waals surface area contributed by atoms with Crippen molar-refractivity contribution in [3.05, 3.63) is 12.3 Å². The Balaban J connectivity index is 4.47. The third-order valence-corrected chi connectivity index (χ3v) is 2.11. The average Bonchev–Trinajstić information content (AvgIpc) is 2.23. The maximum atomic E-state index is 11.3. The number of rotatable bonds is 8. The van der Waals surface area contributed by atoms with Crippen LogP contribution >= 0.6 is 12.6 Å². The van der Waals surface area contributed by atoms with Crippen molar-refractivity contribution in [3.63, 3.8) is 0 Å². The molecule has 0 bridgehead atoms. The molecule has 0 heterocycles. The number of hydrogen-bond acceptors (Lipinski definition) is 6. The minimum Gasteiger partial charge on any atom is -0.481 e. The van der Waals surface area contributed by atoms with Crippen LogP contribution in [0.4, 0.5) is 0 Å². The van der Waals surface area contributed by atoms with Crippen LogP contribution in [0.25, 0.3) is 0 Å². The molecule has 7 N–H and O–H groups in total. The van der Waals surface area contributed by atoms with Gasteiger partial charge in [0.2, 0.25) is 0 Å². The predicted octanol–water partition coefficient (Wildman–Crippen LogP) is -1.78. The highest BCUT2D eigenvalue weighted by Gasteiger charge is 2.20. The number of amides is 1. The molecule has 1 amide bonds. The highest BCUT2D eigenvalue weighted by Crippen LogP contribution is 2.01. The van der Waals surface area contributed by atoms with Gasteiger partial charge in [-0.2, -0.15) is 12.6 Å². The number of carbonyl (C=O) groups is 2. The second-order valence-electron chi connectivity index (χ2n) is 3.36. The van der Waals surface area contributed by atoms with Gasteiger partial charge in [-0.15, -0.1) is 0 Å². The molecule has 0 aliphatic rings. The molecular weight excluding hydrogens is 244 g/mol. The third kappa shape index (κ3) is 6.82. The van der Waals surface area contributed by atoms with E-state index < -0.39 is 24.1 Å². The molecule has 0 rings (SSSR count). The van der Waals surface area contributed by atoms with E-state index in [0.29, 0.717) is 18.0 Å². The van der Waals surface area contributed by atoms with Crippen LogP contribution in [-0.4, -0.2) is 41.5 Å². The zero-order valence-corrected chi connectivity index (χ0v) is 10.2. The quantitative estimate of drug-likeness (QED) is 0.226. The number of nitrogens with two attached hydrogens (primary N) is 2. The first-order valence-electron chi connectivity index (χ1n) is 4.95. The molecular formula is C9H18N4O3S. The number of carbonyl (C=O) groups excluding carboxylic acids is 1. The summed E-state index contributed by atoms with van der Waals surface area (Å²) >= 11 is 3.99. The number of carboxylic acids is 1. The van der Waals surface area contributed by atoms with Gasteiger partial charge in [0.05, 0.1) is 12.5 Å². The number of hydrogen-bond donors (Lipinski definition) is 6. The van der Waals surface area contributed by atoms with Crippen LogP contribution in [0.5, 0.6) is 0 Å². The van der Waals surface area contributed by atoms with E-state index in [4.69, 9.17) is 16.6 Å². The van der Waals surface area contributed by atoms with Crippen molar-refractivity contribution in [2.45, 2.75) is 18.6 Å². The first-order chi connectivity index (χ1) is 7.88. The molecule has 8 heteroatoms. The summed E-state index contributed by atoms with van der Waals surface area (Å²) in [5, 5.41) is 14.0. The Labute approximate surface area is 105 Å². The van der Waals surface area contributed by atoms with Gasteiger partial charge in [0.15, 0.2) is 0 Å². The van der Waals surface area contributed by atoms with Crippen LogP contribution in [-0.2, 0) is 9.59 Å². The molecule has 0 aliphatic carbocycles. The Kier molecular flexibility index (Phi) is 7.35. The summed E-state index contributed by atoms with van der Waals surface area (Å²) in [7, 11) is 0. The van der Waals surface area contributed by atoms with E-state index in [1.165, 1.54) is 0 Å². The summed E-state index contributed by atoms with van der Waals surface area (Å²) in [5.41, 5.74) is 10.7. The van der Waals surface area contributed by atoms with E-state index in [1.54, 1.807) is 0 Å². The molecule has 1 atom stereocenters. The number of thiol groups is 1. The predicted molar refractivity (Wildman–Crippen MR) is 67.3 cm³/mol. The fourth-order valence-electron chi connectivity index (χ4n) is 1.04. The first-order valence-corrected chi connectivity index (χ1v) is 5.58. The van der Waals surface area contributed by atoms with Crippen LogP contribution in [0, 0.1) is 0 Å². The lowest BCUT2D eigenvalue weighted by atomic mass is 10.1. The van der Waals surface area contributed by atoms with Crippen molar-refractivity contribution >= 4 is 24.5 Å². The maximum Gasteiger partial charge on any atom is 0.305 e. The molecule has 7 nitrogen and oxygen atoms in total. The summed E-state index contributed by atoms with van der Waals surface area (Å²) in [4.78, 5) is 21.9. The Morgan fingerprint density at radius 3 is 2.41 bits per heavy atom. The minimum atomic E-state index is -1.19. The molecule has 98 valence electrons. The van der Waals surface area contributed by atoms with Crippen molar-refractivity contribution < 1.29 is 14.7 Å². The minimum absolute atomic E-state index is 0.295. The highest BCUT2D eigenvalue weighted by atomic mass is 32.1. The van der Waals surface area contributed by atoms with E-state index in [0.717, 1.165) is 0 Å². The van der Waals surface area contributed by atoms with Gasteiger partial charge in [-0.05, 0) is 0 Å². The van der Waals surface area contributed by atoms with Gasteiger partial charge >= 0.3 is 5.97 Å². The topological polar surface area (TPSA) is 130 Å². The molecule has 0 saturated heterocycles. The lowest BCUT2D eigenvalue weighted by Gasteiger charge is -2.21. The normalized spacial score (nSPS) is 12.0. The average molecular weight is 262 g/mol. The van der Waals surface area contributed by atoms with E-state index in [9.17, 15) is 9.59 Å². The summed E-state index contributed by atoms with van der Waals surface area (Å²) in [6.45, 7) is 4.17. The summed E-state index contributed by atoms with van der Waals surface area (Å²) < 4.78 is 0. The third-order valence-electron chi connectivity index (χ3n) is 1.88. The monoisotopic (exact) mass is 262 g/mol. The molecule has 0 aromatic carbocycles. The van der Waals surface area contributed by atoms with Gasteiger partial charge in [-0.1, -0.05) is 6.58 Å². The summed E-state index contributed by atoms with van der Waals surface area (Å²) in [6, 6.07) is -0.755. The second kappa shape index (κ2) is 7.93. The molecule has 17 heavy (non-hydrogen) atoms. The first kappa shape index (κ1) is 15.8. The van der Waals surface area contributed by atoms with Crippen molar-refractivity contribution in [2.24, 2.45) is 11.5 Å². The molecule has 0 fully saturated rings. The Bertz CT molecular complexity index is 296. The molecule has 0 saturated carbocycles. The van der Waals surface area contributed by atoms with Gasteiger partial charge in [0.25, 0.3) is 5.91 Å². The van der Waals surface area contributed by atoms with Gasteiger partial charge in [0, 0.05) is 18.0 Å². The van der Waals surface area contributed by atoms with Crippen LogP contribution in [0.3, 0.4) is 0 Å². The second-order valence-corrected chi connectivity index (χ2v) is 3.81. The van der Waals surface area contributed by atoms with Gasteiger partial charge in [0.1, 0.15) is 6.17 Å². The zero-order valence-electron chi connectivity index (χ0n) is 9.35. The van der Waals surface area contributed by atoms with E-state index in [1.807, 2.05) is 0 Å². The van der Waals surface area contributed by atoms with Crippen LogP contribution in [0.1, 0.15) is 6.42 Å². The number of nitrogens with one attached hydrogen (secondary N) is 2. The largest absolute Gasteiger partial charge is 0.481 e. The van der Waals surface area contributed by atoms with Crippen molar-refractivity contribution in [3.8, 4) is 0 Å². The van der Waals surface area contributed by atoms with Crippen molar-refractivity contribution in [1.29, 1.82) is 0 Å². The molecule has 0 radical (unpaired) electrons. The summed E-state index contributed by atoms with van der Waals surface area (Å²) in [6.07, 6.45) is -1.49. The Morgan fingerprint density at radius 2 is 2.00 bits per heavy atom. The highest BCUT2D eigenvalue weighted by molar-refractivity contribution is 7.80. The van der Waals surface area contributed by atoms with Crippen LogP contribution in [0.15, 0.2) is 12.3 Å². The molecule has 0 spiro atoms. The van der Waals surface area contributed by atoms with Gasteiger partial charge in [-0.25, -0.2) is 0 Å². The van der Waals surface area contributed by atoms with Crippen LogP contribution < -0.4 is 22.1 Å². The number of aliphatic carboxylic acids is 1. The van der Waals surface area contributed by atoms with Crippen molar-refractivity contribution in [2.75, 3.05) is 12.3 Å². The van der Waals surface area contributed by atoms with E-state index >= 15 is 0 Å². The smallest absolute Gasteiger partial charge is 0.305 e. The lowest BCUT2D eigenvalue weighted by Crippen LogP contribution is -2.52. The fourth-order valence-corrected chi connectivity index (χ4v) is 1.16. The SMILES string of the molecule is C=C(NCCS)C(CC(=O)O)NC(=O)C(N)N. The summed E-state index contributed by atoms with van der Waals surface area (Å²) in [5.74, 6) is -1.14. The van der Waals surface area contributed by atoms with E-state index in [-0.39, 0.29) is 6.42 Å². The maximum absolute atomic E-state index is 11.3. The molecule has 0 aromatic heterocycles. The standard InChI is InChI=1S/C9H18N4O3S/c1-5(12-2-3-17)6(4-7(14)15)13-9(16)8(10)11/h6,8,12,17H,1-4,10-11H2,(H,13,16)(H,14,15). The fraction of sp³-hybridized carbons (Fsp3) is 0.556. The number of carboxylic acid groups (broad SMARTS) is 1. The lowest BCUT2D eigenvalue weighted by molar-refractivity contribution is -0.137. The zero-order chi connectivity index (χ0) is 13.4. The Hall–Kier alpha value is -1.25. The molecule has 0 aliphatic heterocycles. The van der Waals surface area contributed by atoms with E-state index in [2.05, 4.69) is 29.8 Å². The van der Waals surface area contributed by atoms with Gasteiger partial charge in [-0.3, -0.25) is 9.59 Å². The van der Waals surface area contributed by atoms with Crippen molar-refractivity contribution in [1.82, 2.24) is 10.6 Å². The van der Waals surface area contributed by atoms with Gasteiger partial charge < -0.3 is 27.2 Å². The molecule has 1 unspecified atom stereocenters. The Morgan fingerprint density at radius 1 is 1.41 bits per heavy atom. The van der Waals surface area contributed by atoms with Crippen LogP contribution in [0.2, 0.25) is 0 Å².